The lowest BCUT2D eigenvalue weighted by Gasteiger charge is -2.26. The Morgan fingerprint density at radius 3 is 2.81 bits per heavy atom. The Hall–Kier alpha value is -3.02. The van der Waals surface area contributed by atoms with Gasteiger partial charge in [-0.25, -0.2) is 0 Å². The quantitative estimate of drug-likeness (QED) is 0.895. The molecule has 0 saturated heterocycles. The molecule has 6 nitrogen and oxygen atoms in total. The average Bonchev–Trinajstić information content (AvgIpc) is 2.66. The fraction of sp³-hybridized carbons (Fsp3) is 0.300. The van der Waals surface area contributed by atoms with Gasteiger partial charge in [-0.3, -0.25) is 9.59 Å². The first-order chi connectivity index (χ1) is 12.5. The van der Waals surface area contributed by atoms with Crippen molar-refractivity contribution in [2.24, 2.45) is 0 Å². The molecule has 1 atom stereocenters. The third-order valence-electron chi connectivity index (χ3n) is 4.22. The van der Waals surface area contributed by atoms with Gasteiger partial charge in [-0.2, -0.15) is 0 Å². The number of hydrogen-bond acceptors (Lipinski definition) is 4. The number of amides is 2. The zero-order valence-electron chi connectivity index (χ0n) is 14.9. The van der Waals surface area contributed by atoms with E-state index in [4.69, 9.17) is 9.47 Å². The summed E-state index contributed by atoms with van der Waals surface area (Å²) in [5.74, 6) is 0.971. The number of ether oxygens (including phenoxy) is 2. The predicted molar refractivity (Wildman–Crippen MR) is 97.4 cm³/mol. The lowest BCUT2D eigenvalue weighted by atomic mass is 10.00. The molecule has 1 N–H and O–H groups in total. The topological polar surface area (TPSA) is 67.9 Å². The first kappa shape index (κ1) is 17.8. The summed E-state index contributed by atoms with van der Waals surface area (Å²) in [4.78, 5) is 25.7. The number of nitrogens with zero attached hydrogens (tertiary/aromatic N) is 1. The lowest BCUT2D eigenvalue weighted by Crippen LogP contribution is -2.32. The molecule has 0 saturated carbocycles. The molecule has 0 spiro atoms. The van der Waals surface area contributed by atoms with Gasteiger partial charge in [-0.05, 0) is 24.3 Å². The number of para-hydroxylation sites is 1. The van der Waals surface area contributed by atoms with Crippen LogP contribution < -0.4 is 14.8 Å². The minimum absolute atomic E-state index is 0.0641. The van der Waals surface area contributed by atoms with Crippen molar-refractivity contribution in [2.45, 2.75) is 12.5 Å². The summed E-state index contributed by atoms with van der Waals surface area (Å²) in [6.07, 6.45) is 0.719. The van der Waals surface area contributed by atoms with Gasteiger partial charge in [0.05, 0.1) is 12.6 Å². The molecule has 2 aromatic carbocycles. The van der Waals surface area contributed by atoms with Gasteiger partial charge < -0.3 is 19.7 Å². The highest BCUT2D eigenvalue weighted by atomic mass is 16.5. The molecule has 1 aliphatic heterocycles. The smallest absolute Gasteiger partial charge is 0.259 e. The Labute approximate surface area is 152 Å². The predicted octanol–water partition coefficient (Wildman–Crippen LogP) is 2.41. The van der Waals surface area contributed by atoms with E-state index in [1.54, 1.807) is 38.4 Å². The number of likely N-dealkylation sites (N-methyl/N-ethyl adjacent to an activating group) is 1. The van der Waals surface area contributed by atoms with Crippen LogP contribution in [0.25, 0.3) is 0 Å². The van der Waals surface area contributed by atoms with Crippen molar-refractivity contribution in [2.75, 3.05) is 27.3 Å². The molecule has 3 rings (SSSR count). The Balaban J connectivity index is 1.67. The van der Waals surface area contributed by atoms with Crippen LogP contribution in [0.5, 0.6) is 11.5 Å². The van der Waals surface area contributed by atoms with Crippen molar-refractivity contribution < 1.29 is 19.1 Å². The Kier molecular flexibility index (Phi) is 5.41. The Bertz CT molecular complexity index is 804. The van der Waals surface area contributed by atoms with E-state index in [2.05, 4.69) is 5.32 Å². The summed E-state index contributed by atoms with van der Waals surface area (Å²) in [7, 11) is 3.34. The first-order valence-corrected chi connectivity index (χ1v) is 8.50. The highest BCUT2D eigenvalue weighted by molar-refractivity contribution is 5.95. The maximum absolute atomic E-state index is 12.6. The van der Waals surface area contributed by atoms with Crippen molar-refractivity contribution >= 4 is 11.8 Å². The van der Waals surface area contributed by atoms with Crippen LogP contribution in [0.4, 0.5) is 0 Å². The van der Waals surface area contributed by atoms with Gasteiger partial charge in [-0.1, -0.05) is 24.3 Å². The lowest BCUT2D eigenvalue weighted by molar-refractivity contribution is -0.130. The highest BCUT2D eigenvalue weighted by Crippen LogP contribution is 2.31. The molecule has 0 aliphatic carbocycles. The summed E-state index contributed by atoms with van der Waals surface area (Å²) in [5, 5.41) is 3.05. The third kappa shape index (κ3) is 4.14. The van der Waals surface area contributed by atoms with Crippen LogP contribution in [0.15, 0.2) is 48.5 Å². The number of rotatable bonds is 5. The molecule has 1 heterocycles. The molecule has 26 heavy (non-hydrogen) atoms. The van der Waals surface area contributed by atoms with Gasteiger partial charge in [0.1, 0.15) is 11.5 Å². The van der Waals surface area contributed by atoms with Gasteiger partial charge >= 0.3 is 0 Å². The summed E-state index contributed by atoms with van der Waals surface area (Å²) in [6.45, 7) is 0.503. The standard InChI is InChI=1S/C20H22N2O4/c1-22(2)19(23)13-26-15-7-5-6-14(12-15)20(24)21-17-10-11-25-18-9-4-3-8-16(17)18/h3-9,12,17H,10-11,13H2,1-2H3,(H,21,24)/t17-/m1/s1. The molecule has 2 aromatic rings. The van der Waals surface area contributed by atoms with E-state index in [9.17, 15) is 9.59 Å². The molecule has 0 radical (unpaired) electrons. The van der Waals surface area contributed by atoms with E-state index < -0.39 is 0 Å². The molecular formula is C20H22N2O4. The van der Waals surface area contributed by atoms with Crippen LogP contribution in [0, 0.1) is 0 Å². The van der Waals surface area contributed by atoms with Crippen LogP contribution in [-0.4, -0.2) is 44.0 Å². The van der Waals surface area contributed by atoms with Crippen LogP contribution in [0.1, 0.15) is 28.4 Å². The van der Waals surface area contributed by atoms with E-state index in [-0.39, 0.29) is 24.5 Å². The van der Waals surface area contributed by atoms with Gasteiger partial charge in [0, 0.05) is 31.6 Å². The van der Waals surface area contributed by atoms with Crippen molar-refractivity contribution in [3.8, 4) is 11.5 Å². The molecule has 0 bridgehead atoms. The maximum atomic E-state index is 12.6. The van der Waals surface area contributed by atoms with Gasteiger partial charge in [0.2, 0.25) is 0 Å². The second kappa shape index (κ2) is 7.91. The minimum atomic E-state index is -0.184. The molecule has 0 fully saturated rings. The maximum Gasteiger partial charge on any atom is 0.259 e. The molecule has 1 aliphatic rings. The SMILES string of the molecule is CN(C)C(=O)COc1cccc(C(=O)N[C@@H]2CCOc3ccccc32)c1. The first-order valence-electron chi connectivity index (χ1n) is 8.50. The second-order valence-corrected chi connectivity index (χ2v) is 6.31. The Morgan fingerprint density at radius 1 is 1.19 bits per heavy atom. The number of fused-ring (bicyclic) bond motifs is 1. The fourth-order valence-corrected chi connectivity index (χ4v) is 2.73. The van der Waals surface area contributed by atoms with E-state index in [1.807, 2.05) is 24.3 Å². The normalized spacial score (nSPS) is 15.4. The summed E-state index contributed by atoms with van der Waals surface area (Å²) < 4.78 is 11.1. The largest absolute Gasteiger partial charge is 0.493 e. The number of hydrogen-bond donors (Lipinski definition) is 1. The van der Waals surface area contributed by atoms with E-state index >= 15 is 0 Å². The zero-order chi connectivity index (χ0) is 18.5. The minimum Gasteiger partial charge on any atom is -0.493 e. The van der Waals surface area contributed by atoms with Gasteiger partial charge in [0.25, 0.3) is 11.8 Å². The van der Waals surface area contributed by atoms with Crippen LogP contribution in [0.2, 0.25) is 0 Å². The van der Waals surface area contributed by atoms with Crippen molar-refractivity contribution in [1.82, 2.24) is 10.2 Å². The van der Waals surface area contributed by atoms with Crippen LogP contribution in [-0.2, 0) is 4.79 Å². The summed E-state index contributed by atoms with van der Waals surface area (Å²) >= 11 is 0. The van der Waals surface area contributed by atoms with Gasteiger partial charge in [0.15, 0.2) is 6.61 Å². The molecule has 2 amide bonds. The van der Waals surface area contributed by atoms with Gasteiger partial charge in [-0.15, -0.1) is 0 Å². The fourth-order valence-electron chi connectivity index (χ4n) is 2.73. The summed E-state index contributed by atoms with van der Waals surface area (Å²) in [6, 6.07) is 14.5. The zero-order valence-corrected chi connectivity index (χ0v) is 14.9. The van der Waals surface area contributed by atoms with Crippen LogP contribution >= 0.6 is 0 Å². The number of carbonyl (C=O) groups excluding carboxylic acids is 2. The van der Waals surface area contributed by atoms with Crippen molar-refractivity contribution in [1.29, 1.82) is 0 Å². The Morgan fingerprint density at radius 2 is 2.00 bits per heavy atom. The monoisotopic (exact) mass is 354 g/mol. The molecular weight excluding hydrogens is 332 g/mol. The summed E-state index contributed by atoms with van der Waals surface area (Å²) in [5.41, 5.74) is 1.47. The number of nitrogens with one attached hydrogen (secondary N) is 1. The second-order valence-electron chi connectivity index (χ2n) is 6.31. The van der Waals surface area contributed by atoms with E-state index in [1.165, 1.54) is 4.90 Å². The van der Waals surface area contributed by atoms with Crippen LogP contribution in [0.3, 0.4) is 0 Å². The molecule has 0 aromatic heterocycles. The van der Waals surface area contributed by atoms with Crippen molar-refractivity contribution in [3.05, 3.63) is 59.7 Å². The van der Waals surface area contributed by atoms with E-state index in [0.29, 0.717) is 17.9 Å². The number of carbonyl (C=O) groups is 2. The molecule has 136 valence electrons. The third-order valence-corrected chi connectivity index (χ3v) is 4.22. The average molecular weight is 354 g/mol. The van der Waals surface area contributed by atoms with Crippen molar-refractivity contribution in [3.63, 3.8) is 0 Å². The highest BCUT2D eigenvalue weighted by Gasteiger charge is 2.23. The van der Waals surface area contributed by atoms with E-state index in [0.717, 1.165) is 17.7 Å². The molecule has 6 heteroatoms. The molecule has 0 unspecified atom stereocenters. The number of benzene rings is 2.